The summed E-state index contributed by atoms with van der Waals surface area (Å²) < 4.78 is 7.91. The third kappa shape index (κ3) is 4.93. The second-order valence-electron chi connectivity index (χ2n) is 9.23. The minimum absolute atomic E-state index is 0.0724. The van der Waals surface area contributed by atoms with E-state index in [9.17, 15) is 4.79 Å². The Labute approximate surface area is 200 Å². The Kier molecular flexibility index (Phi) is 7.06. The lowest BCUT2D eigenvalue weighted by Gasteiger charge is -2.24. The van der Waals surface area contributed by atoms with Gasteiger partial charge in [0.25, 0.3) is 0 Å². The number of carbonyl (C=O) groups is 1. The third-order valence-electron chi connectivity index (χ3n) is 6.94. The first-order chi connectivity index (χ1) is 16.7. The number of aromatic nitrogens is 3. The van der Waals surface area contributed by atoms with E-state index in [2.05, 4.69) is 43.9 Å². The molecule has 3 aromatic rings. The van der Waals surface area contributed by atoms with Crippen LogP contribution in [0, 0.1) is 0 Å². The minimum atomic E-state index is -0.0724. The summed E-state index contributed by atoms with van der Waals surface area (Å²) in [6.45, 7) is 8.37. The largest absolute Gasteiger partial charge is 0.381 e. The Balaban J connectivity index is 1.36. The summed E-state index contributed by atoms with van der Waals surface area (Å²) in [6, 6.07) is 6.39. The van der Waals surface area contributed by atoms with Gasteiger partial charge in [-0.3, -0.25) is 10.3 Å². The molecule has 8 nitrogen and oxygen atoms in total. The summed E-state index contributed by atoms with van der Waals surface area (Å²) in [6.07, 6.45) is 11.9. The van der Waals surface area contributed by atoms with Crippen LogP contribution >= 0.6 is 0 Å². The molecule has 34 heavy (non-hydrogen) atoms. The fourth-order valence-electron chi connectivity index (χ4n) is 5.16. The van der Waals surface area contributed by atoms with Crippen LogP contribution in [0.2, 0.25) is 0 Å². The zero-order chi connectivity index (χ0) is 23.3. The van der Waals surface area contributed by atoms with Gasteiger partial charge in [0.1, 0.15) is 5.82 Å². The Morgan fingerprint density at radius 1 is 1.15 bits per heavy atom. The predicted octanol–water partition coefficient (Wildman–Crippen LogP) is 4.40. The van der Waals surface area contributed by atoms with Gasteiger partial charge in [0.15, 0.2) is 0 Å². The predicted molar refractivity (Wildman–Crippen MR) is 134 cm³/mol. The van der Waals surface area contributed by atoms with Gasteiger partial charge >= 0.3 is 6.03 Å². The van der Waals surface area contributed by atoms with Gasteiger partial charge in [0, 0.05) is 68.4 Å². The average Bonchev–Trinajstić information content (AvgIpc) is 3.10. The first-order valence-electron chi connectivity index (χ1n) is 12.5. The van der Waals surface area contributed by atoms with Crippen LogP contribution in [0.1, 0.15) is 38.6 Å². The number of rotatable bonds is 5. The summed E-state index contributed by atoms with van der Waals surface area (Å²) in [4.78, 5) is 26.2. The Morgan fingerprint density at radius 2 is 2.03 bits per heavy atom. The first kappa shape index (κ1) is 22.8. The quantitative estimate of drug-likeness (QED) is 0.608. The van der Waals surface area contributed by atoms with Gasteiger partial charge < -0.3 is 19.1 Å². The van der Waals surface area contributed by atoms with Crippen molar-refractivity contribution in [3.05, 3.63) is 43.0 Å². The van der Waals surface area contributed by atoms with Crippen molar-refractivity contribution in [1.29, 1.82) is 0 Å². The van der Waals surface area contributed by atoms with Gasteiger partial charge in [-0.25, -0.2) is 9.78 Å². The average molecular weight is 463 g/mol. The van der Waals surface area contributed by atoms with Gasteiger partial charge in [-0.2, -0.15) is 0 Å². The maximum Gasteiger partial charge on any atom is 0.323 e. The van der Waals surface area contributed by atoms with Crippen LogP contribution in [0.15, 0.2) is 43.0 Å². The molecule has 0 aromatic carbocycles. The second kappa shape index (κ2) is 10.5. The molecule has 0 unspecified atom stereocenters. The summed E-state index contributed by atoms with van der Waals surface area (Å²) in [5.74, 6) is 0.582. The number of amides is 2. The van der Waals surface area contributed by atoms with E-state index in [1.165, 1.54) is 0 Å². The second-order valence-corrected chi connectivity index (χ2v) is 9.23. The number of pyridine rings is 2. The maximum atomic E-state index is 13.0. The molecule has 2 aliphatic rings. The molecule has 2 aliphatic heterocycles. The lowest BCUT2D eigenvalue weighted by Crippen LogP contribution is -2.38. The number of anilines is 1. The van der Waals surface area contributed by atoms with E-state index < -0.39 is 0 Å². The van der Waals surface area contributed by atoms with E-state index in [0.29, 0.717) is 11.9 Å². The van der Waals surface area contributed by atoms with E-state index in [1.807, 2.05) is 29.4 Å². The van der Waals surface area contributed by atoms with Crippen LogP contribution in [0.5, 0.6) is 0 Å². The molecule has 1 N–H and O–H groups in total. The van der Waals surface area contributed by atoms with Crippen LogP contribution < -0.4 is 5.32 Å². The number of carbonyl (C=O) groups excluding carboxylic acids is 1. The van der Waals surface area contributed by atoms with Crippen molar-refractivity contribution >= 4 is 22.8 Å². The van der Waals surface area contributed by atoms with Crippen LogP contribution in [0.3, 0.4) is 0 Å². The Morgan fingerprint density at radius 3 is 2.88 bits per heavy atom. The Hall–Kier alpha value is -2.97. The Bertz CT molecular complexity index is 1120. The fourth-order valence-corrected chi connectivity index (χ4v) is 5.16. The molecule has 2 amide bonds. The molecule has 2 fully saturated rings. The molecule has 0 aliphatic carbocycles. The fraction of sp³-hybridized carbons (Fsp3) is 0.500. The van der Waals surface area contributed by atoms with Crippen molar-refractivity contribution in [3.63, 3.8) is 0 Å². The first-order valence-corrected chi connectivity index (χ1v) is 12.5. The summed E-state index contributed by atoms with van der Waals surface area (Å²) in [7, 11) is 0. The van der Waals surface area contributed by atoms with Crippen molar-refractivity contribution in [3.8, 4) is 11.1 Å². The highest BCUT2D eigenvalue weighted by molar-refractivity contribution is 5.96. The molecule has 3 aromatic heterocycles. The van der Waals surface area contributed by atoms with Crippen LogP contribution in [-0.2, 0) is 4.74 Å². The summed E-state index contributed by atoms with van der Waals surface area (Å²) in [5.41, 5.74) is 3.30. The van der Waals surface area contributed by atoms with Crippen molar-refractivity contribution < 1.29 is 9.53 Å². The molecular weight excluding hydrogens is 428 g/mol. The van der Waals surface area contributed by atoms with Crippen LogP contribution in [-0.4, -0.2) is 76.3 Å². The lowest BCUT2D eigenvalue weighted by molar-refractivity contribution is 0.0707. The van der Waals surface area contributed by atoms with E-state index in [0.717, 1.165) is 93.7 Å². The van der Waals surface area contributed by atoms with Crippen molar-refractivity contribution in [2.24, 2.45) is 0 Å². The highest BCUT2D eigenvalue weighted by Gasteiger charge is 2.21. The molecule has 0 radical (unpaired) electrons. The number of urea groups is 1. The molecule has 0 bridgehead atoms. The highest BCUT2D eigenvalue weighted by Crippen LogP contribution is 2.35. The molecule has 8 heteroatoms. The standard InChI is InChI=1S/C26H34N6O2/c1-2-10-30-11-3-12-31(14-13-30)26(33)29-25-17-20(4-9-28-25)23-19-32(21-6-15-34-16-7-21)24-18-27-8-5-22(23)24/h4-5,8-9,17-19,21H,2-3,6-7,10-16H2,1H3,(H,28,29,33). The summed E-state index contributed by atoms with van der Waals surface area (Å²) >= 11 is 0. The van der Waals surface area contributed by atoms with Crippen molar-refractivity contribution in [2.75, 3.05) is 51.3 Å². The minimum Gasteiger partial charge on any atom is -0.381 e. The molecular formula is C26H34N6O2. The molecule has 0 atom stereocenters. The maximum absolute atomic E-state index is 13.0. The number of nitrogens with one attached hydrogen (secondary N) is 1. The molecule has 2 saturated heterocycles. The number of hydrogen-bond acceptors (Lipinski definition) is 5. The monoisotopic (exact) mass is 462 g/mol. The number of ether oxygens (including phenoxy) is 1. The van der Waals surface area contributed by atoms with Crippen molar-refractivity contribution in [1.82, 2.24) is 24.3 Å². The topological polar surface area (TPSA) is 75.5 Å². The van der Waals surface area contributed by atoms with Gasteiger partial charge in [-0.05, 0) is 62.5 Å². The molecule has 180 valence electrons. The zero-order valence-corrected chi connectivity index (χ0v) is 19.9. The smallest absolute Gasteiger partial charge is 0.323 e. The summed E-state index contributed by atoms with van der Waals surface area (Å²) in [5, 5.41) is 4.20. The highest BCUT2D eigenvalue weighted by atomic mass is 16.5. The molecule has 0 saturated carbocycles. The molecule has 5 rings (SSSR count). The normalized spacial score (nSPS) is 18.2. The van der Waals surface area contributed by atoms with Crippen LogP contribution in [0.25, 0.3) is 22.0 Å². The van der Waals surface area contributed by atoms with Crippen molar-refractivity contribution in [2.45, 2.75) is 38.6 Å². The number of fused-ring (bicyclic) bond motifs is 1. The lowest BCUT2D eigenvalue weighted by atomic mass is 10.1. The van der Waals surface area contributed by atoms with E-state index in [-0.39, 0.29) is 6.03 Å². The van der Waals surface area contributed by atoms with E-state index in [1.54, 1.807) is 6.20 Å². The SMILES string of the molecule is CCCN1CCCN(C(=O)Nc2cc(-c3cn(C4CCOCC4)c4cnccc34)ccn2)CC1. The number of nitrogens with zero attached hydrogens (tertiary/aromatic N) is 5. The van der Waals surface area contributed by atoms with E-state index in [4.69, 9.17) is 4.74 Å². The van der Waals surface area contributed by atoms with Gasteiger partial charge in [-0.15, -0.1) is 0 Å². The third-order valence-corrected chi connectivity index (χ3v) is 6.94. The molecule has 5 heterocycles. The van der Waals surface area contributed by atoms with Gasteiger partial charge in [0.2, 0.25) is 0 Å². The van der Waals surface area contributed by atoms with Gasteiger partial charge in [0.05, 0.1) is 11.7 Å². The van der Waals surface area contributed by atoms with Crippen LogP contribution in [0.4, 0.5) is 10.6 Å². The van der Waals surface area contributed by atoms with E-state index >= 15 is 0 Å². The number of hydrogen-bond donors (Lipinski definition) is 1. The molecule has 0 spiro atoms. The zero-order valence-electron chi connectivity index (χ0n) is 19.9. The van der Waals surface area contributed by atoms with Gasteiger partial charge in [-0.1, -0.05) is 6.92 Å².